The Kier molecular flexibility index (Phi) is 4.19. The highest BCUT2D eigenvalue weighted by Crippen LogP contribution is 2.13. The SMILES string of the molecule is Cc1nn(CCCNC(=O)c2cnn3cccnc23)cc1Br. The molecule has 1 N–H and O–H groups in total. The van der Waals surface area contributed by atoms with Crippen LogP contribution in [0, 0.1) is 6.92 Å². The number of aromatic nitrogens is 5. The van der Waals surface area contributed by atoms with Gasteiger partial charge in [-0.1, -0.05) is 0 Å². The molecule has 0 aromatic carbocycles. The van der Waals surface area contributed by atoms with Crippen LogP contribution in [0.3, 0.4) is 0 Å². The number of amides is 1. The monoisotopic (exact) mass is 362 g/mol. The van der Waals surface area contributed by atoms with E-state index in [2.05, 4.69) is 36.4 Å². The molecule has 8 heteroatoms. The van der Waals surface area contributed by atoms with Gasteiger partial charge in [-0.15, -0.1) is 0 Å². The molecule has 0 spiro atoms. The molecule has 7 nitrogen and oxygen atoms in total. The van der Waals surface area contributed by atoms with Crippen LogP contribution in [0.4, 0.5) is 0 Å². The first-order valence-electron chi connectivity index (χ1n) is 6.91. The maximum absolute atomic E-state index is 12.2. The van der Waals surface area contributed by atoms with E-state index in [1.807, 2.05) is 17.8 Å². The summed E-state index contributed by atoms with van der Waals surface area (Å²) in [6.07, 6.45) is 7.67. The molecule has 0 aliphatic rings. The second kappa shape index (κ2) is 6.27. The zero-order valence-corrected chi connectivity index (χ0v) is 13.6. The third-order valence-corrected chi connectivity index (χ3v) is 4.04. The number of nitrogens with one attached hydrogen (secondary N) is 1. The molecule has 0 fully saturated rings. The Balaban J connectivity index is 1.54. The van der Waals surface area contributed by atoms with Gasteiger partial charge in [0.2, 0.25) is 0 Å². The molecule has 0 saturated heterocycles. The van der Waals surface area contributed by atoms with Crippen molar-refractivity contribution in [3.05, 3.63) is 46.6 Å². The molecule has 3 aromatic rings. The fourth-order valence-corrected chi connectivity index (χ4v) is 2.45. The Morgan fingerprint density at radius 2 is 2.32 bits per heavy atom. The van der Waals surface area contributed by atoms with Crippen molar-refractivity contribution in [3.8, 4) is 0 Å². The molecule has 0 atom stereocenters. The summed E-state index contributed by atoms with van der Waals surface area (Å²) in [7, 11) is 0. The molecule has 0 bridgehead atoms. The van der Waals surface area contributed by atoms with Crippen molar-refractivity contribution >= 4 is 27.5 Å². The van der Waals surface area contributed by atoms with E-state index in [9.17, 15) is 4.79 Å². The van der Waals surface area contributed by atoms with Gasteiger partial charge in [-0.3, -0.25) is 9.48 Å². The van der Waals surface area contributed by atoms with E-state index in [1.165, 1.54) is 6.20 Å². The average Bonchev–Trinajstić information content (AvgIpc) is 3.07. The van der Waals surface area contributed by atoms with Crippen LogP contribution in [0.15, 0.2) is 35.3 Å². The fraction of sp³-hybridized carbons (Fsp3) is 0.286. The Morgan fingerprint density at radius 3 is 3.09 bits per heavy atom. The number of halogens is 1. The van der Waals surface area contributed by atoms with Crippen LogP contribution in [0.25, 0.3) is 5.65 Å². The van der Waals surface area contributed by atoms with Gasteiger partial charge in [0.05, 0.1) is 16.4 Å². The third kappa shape index (κ3) is 3.01. The van der Waals surface area contributed by atoms with Crippen LogP contribution in [-0.2, 0) is 6.54 Å². The minimum atomic E-state index is -0.161. The Hall–Kier alpha value is -2.22. The number of rotatable bonds is 5. The standard InChI is InChI=1S/C14H15BrN6O/c1-10-12(15)9-20(19-10)6-2-5-17-14(22)11-8-18-21-7-3-4-16-13(11)21/h3-4,7-9H,2,5-6H2,1H3,(H,17,22). The first kappa shape index (κ1) is 14.7. The summed E-state index contributed by atoms with van der Waals surface area (Å²) in [5, 5.41) is 11.3. The lowest BCUT2D eigenvalue weighted by Gasteiger charge is -2.04. The van der Waals surface area contributed by atoms with E-state index in [1.54, 1.807) is 23.0 Å². The smallest absolute Gasteiger partial charge is 0.256 e. The number of carbonyl (C=O) groups excluding carboxylic acids is 1. The van der Waals surface area contributed by atoms with Gasteiger partial charge in [0.1, 0.15) is 5.56 Å². The lowest BCUT2D eigenvalue weighted by molar-refractivity contribution is 0.0954. The molecule has 0 saturated carbocycles. The topological polar surface area (TPSA) is 77.1 Å². The summed E-state index contributed by atoms with van der Waals surface area (Å²) in [6.45, 7) is 3.26. The largest absolute Gasteiger partial charge is 0.352 e. The molecule has 3 rings (SSSR count). The molecule has 0 unspecified atom stereocenters. The van der Waals surface area contributed by atoms with E-state index in [4.69, 9.17) is 0 Å². The maximum atomic E-state index is 12.2. The average molecular weight is 363 g/mol. The van der Waals surface area contributed by atoms with Gasteiger partial charge in [-0.25, -0.2) is 9.50 Å². The molecular weight excluding hydrogens is 348 g/mol. The van der Waals surface area contributed by atoms with Gasteiger partial charge < -0.3 is 5.32 Å². The quantitative estimate of drug-likeness (QED) is 0.702. The van der Waals surface area contributed by atoms with Gasteiger partial charge >= 0.3 is 0 Å². The number of nitrogens with zero attached hydrogens (tertiary/aromatic N) is 5. The highest BCUT2D eigenvalue weighted by atomic mass is 79.9. The van der Waals surface area contributed by atoms with Gasteiger partial charge in [-0.2, -0.15) is 10.2 Å². The van der Waals surface area contributed by atoms with E-state index in [0.29, 0.717) is 17.8 Å². The van der Waals surface area contributed by atoms with Crippen LogP contribution in [0.1, 0.15) is 22.5 Å². The van der Waals surface area contributed by atoms with Crippen LogP contribution in [0.5, 0.6) is 0 Å². The lowest BCUT2D eigenvalue weighted by Crippen LogP contribution is -2.25. The summed E-state index contributed by atoms with van der Waals surface area (Å²) in [6, 6.07) is 1.77. The Morgan fingerprint density at radius 1 is 1.45 bits per heavy atom. The first-order chi connectivity index (χ1) is 10.6. The second-order valence-electron chi connectivity index (χ2n) is 4.88. The van der Waals surface area contributed by atoms with Crippen molar-refractivity contribution in [2.24, 2.45) is 0 Å². The Labute approximate surface area is 135 Å². The van der Waals surface area contributed by atoms with E-state index >= 15 is 0 Å². The predicted octanol–water partition coefficient (Wildman–Crippen LogP) is 1.82. The van der Waals surface area contributed by atoms with Gasteiger partial charge in [0, 0.05) is 31.7 Å². The molecule has 3 heterocycles. The molecule has 0 radical (unpaired) electrons. The van der Waals surface area contributed by atoms with Gasteiger partial charge in [0.15, 0.2) is 5.65 Å². The van der Waals surface area contributed by atoms with E-state index in [0.717, 1.165) is 23.1 Å². The lowest BCUT2D eigenvalue weighted by atomic mass is 10.3. The van der Waals surface area contributed by atoms with Crippen molar-refractivity contribution in [2.45, 2.75) is 19.9 Å². The Bertz CT molecular complexity index is 789. The van der Waals surface area contributed by atoms with Crippen LogP contribution in [0.2, 0.25) is 0 Å². The zero-order chi connectivity index (χ0) is 15.5. The molecule has 0 aliphatic heterocycles. The van der Waals surface area contributed by atoms with Gasteiger partial charge in [0.25, 0.3) is 5.91 Å². The van der Waals surface area contributed by atoms with Crippen LogP contribution in [-0.4, -0.2) is 36.8 Å². The highest BCUT2D eigenvalue weighted by Gasteiger charge is 2.12. The minimum absolute atomic E-state index is 0.161. The molecule has 1 amide bonds. The van der Waals surface area contributed by atoms with Crippen molar-refractivity contribution < 1.29 is 4.79 Å². The number of hydrogen-bond donors (Lipinski definition) is 1. The molecular formula is C14H15BrN6O. The van der Waals surface area contributed by atoms with E-state index < -0.39 is 0 Å². The summed E-state index contributed by atoms with van der Waals surface area (Å²) in [4.78, 5) is 16.3. The summed E-state index contributed by atoms with van der Waals surface area (Å²) >= 11 is 3.43. The van der Waals surface area contributed by atoms with Crippen LogP contribution >= 0.6 is 15.9 Å². The highest BCUT2D eigenvalue weighted by molar-refractivity contribution is 9.10. The normalized spacial score (nSPS) is 11.0. The van der Waals surface area contributed by atoms with Gasteiger partial charge in [-0.05, 0) is 35.3 Å². The predicted molar refractivity (Wildman–Crippen MR) is 84.6 cm³/mol. The van der Waals surface area contributed by atoms with E-state index in [-0.39, 0.29) is 5.91 Å². The number of hydrogen-bond acceptors (Lipinski definition) is 4. The second-order valence-corrected chi connectivity index (χ2v) is 5.74. The minimum Gasteiger partial charge on any atom is -0.352 e. The number of aryl methyl sites for hydroxylation is 2. The van der Waals surface area contributed by atoms with Crippen molar-refractivity contribution in [3.63, 3.8) is 0 Å². The summed E-state index contributed by atoms with van der Waals surface area (Å²) in [5.74, 6) is -0.161. The number of carbonyl (C=O) groups is 1. The molecule has 114 valence electrons. The fourth-order valence-electron chi connectivity index (χ4n) is 2.13. The maximum Gasteiger partial charge on any atom is 0.256 e. The molecule has 3 aromatic heterocycles. The van der Waals surface area contributed by atoms with Crippen molar-refractivity contribution in [1.82, 2.24) is 29.7 Å². The first-order valence-corrected chi connectivity index (χ1v) is 7.70. The molecule has 22 heavy (non-hydrogen) atoms. The summed E-state index contributed by atoms with van der Waals surface area (Å²) in [5.41, 5.74) is 2.01. The zero-order valence-electron chi connectivity index (χ0n) is 12.0. The summed E-state index contributed by atoms with van der Waals surface area (Å²) < 4.78 is 4.44. The number of fused-ring (bicyclic) bond motifs is 1. The molecule has 0 aliphatic carbocycles. The van der Waals surface area contributed by atoms with Crippen molar-refractivity contribution in [1.29, 1.82) is 0 Å². The van der Waals surface area contributed by atoms with Crippen LogP contribution < -0.4 is 5.32 Å². The third-order valence-electron chi connectivity index (χ3n) is 3.26. The van der Waals surface area contributed by atoms with Crippen molar-refractivity contribution in [2.75, 3.05) is 6.54 Å².